The van der Waals surface area contributed by atoms with Crippen LogP contribution in [0.1, 0.15) is 22.6 Å². The first-order valence-corrected chi connectivity index (χ1v) is 9.62. The molecule has 1 atom stereocenters. The van der Waals surface area contributed by atoms with E-state index in [0.29, 0.717) is 17.5 Å². The third-order valence-electron chi connectivity index (χ3n) is 4.40. The lowest BCUT2D eigenvalue weighted by Crippen LogP contribution is -2.30. The standard InChI is InChI=1S/C17H20Cl2FN3S/c1-11-15(24-10-22-11)9-23(7-12-4-5-21-6-12)8-13-2-3-14(20)17(19)16(13)18/h2-3,10,12,21H,4-9H2,1H3. The van der Waals surface area contributed by atoms with Crippen molar-refractivity contribution in [3.8, 4) is 0 Å². The van der Waals surface area contributed by atoms with Crippen LogP contribution in [0.5, 0.6) is 0 Å². The topological polar surface area (TPSA) is 28.2 Å². The van der Waals surface area contributed by atoms with Crippen molar-refractivity contribution >= 4 is 34.5 Å². The number of halogens is 3. The number of aromatic nitrogens is 1. The van der Waals surface area contributed by atoms with E-state index in [9.17, 15) is 4.39 Å². The number of thiazole rings is 1. The second-order valence-corrected chi connectivity index (χ2v) is 7.92. The fourth-order valence-corrected chi connectivity index (χ4v) is 4.25. The maximum atomic E-state index is 13.5. The van der Waals surface area contributed by atoms with E-state index in [1.165, 1.54) is 17.4 Å². The summed E-state index contributed by atoms with van der Waals surface area (Å²) >= 11 is 13.9. The van der Waals surface area contributed by atoms with E-state index < -0.39 is 5.82 Å². The Balaban J connectivity index is 1.78. The van der Waals surface area contributed by atoms with E-state index in [2.05, 4.69) is 15.2 Å². The summed E-state index contributed by atoms with van der Waals surface area (Å²) < 4.78 is 13.5. The fraction of sp³-hybridized carbons (Fsp3) is 0.471. The number of aryl methyl sites for hydroxylation is 1. The van der Waals surface area contributed by atoms with Gasteiger partial charge in [-0.15, -0.1) is 11.3 Å². The molecule has 1 N–H and O–H groups in total. The molecule has 0 aliphatic carbocycles. The van der Waals surface area contributed by atoms with Crippen LogP contribution in [0.3, 0.4) is 0 Å². The van der Waals surface area contributed by atoms with Gasteiger partial charge in [-0.05, 0) is 44.0 Å². The average Bonchev–Trinajstić information content (AvgIpc) is 3.20. The quantitative estimate of drug-likeness (QED) is 0.739. The predicted molar refractivity (Wildman–Crippen MR) is 98.4 cm³/mol. The highest BCUT2D eigenvalue weighted by Gasteiger charge is 2.21. The van der Waals surface area contributed by atoms with Gasteiger partial charge in [-0.1, -0.05) is 29.3 Å². The average molecular weight is 388 g/mol. The Bertz CT molecular complexity index is 701. The van der Waals surface area contributed by atoms with Gasteiger partial charge in [0.1, 0.15) is 5.82 Å². The molecule has 130 valence electrons. The summed E-state index contributed by atoms with van der Waals surface area (Å²) in [5, 5.41) is 3.72. The molecule has 1 fully saturated rings. The van der Waals surface area contributed by atoms with Crippen molar-refractivity contribution in [2.45, 2.75) is 26.4 Å². The number of nitrogens with one attached hydrogen (secondary N) is 1. The molecule has 1 unspecified atom stereocenters. The molecule has 0 amide bonds. The van der Waals surface area contributed by atoms with E-state index in [0.717, 1.165) is 37.4 Å². The molecule has 0 spiro atoms. The van der Waals surface area contributed by atoms with E-state index in [-0.39, 0.29) is 5.02 Å². The Morgan fingerprint density at radius 3 is 2.83 bits per heavy atom. The van der Waals surface area contributed by atoms with Crippen LogP contribution in [-0.2, 0) is 13.1 Å². The smallest absolute Gasteiger partial charge is 0.143 e. The molecule has 1 aromatic heterocycles. The zero-order valence-corrected chi connectivity index (χ0v) is 15.8. The first-order chi connectivity index (χ1) is 11.5. The van der Waals surface area contributed by atoms with Crippen molar-refractivity contribution < 1.29 is 4.39 Å². The summed E-state index contributed by atoms with van der Waals surface area (Å²) in [7, 11) is 0. The van der Waals surface area contributed by atoms with Crippen molar-refractivity contribution in [3.63, 3.8) is 0 Å². The van der Waals surface area contributed by atoms with E-state index in [4.69, 9.17) is 23.2 Å². The normalized spacial score (nSPS) is 17.8. The SMILES string of the molecule is Cc1ncsc1CN(Cc1ccc(F)c(Cl)c1Cl)CC1CCNC1. The molecule has 1 saturated heterocycles. The van der Waals surface area contributed by atoms with Crippen LogP contribution in [0.15, 0.2) is 17.6 Å². The highest BCUT2D eigenvalue weighted by molar-refractivity contribution is 7.09. The van der Waals surface area contributed by atoms with Crippen molar-refractivity contribution in [2.75, 3.05) is 19.6 Å². The van der Waals surface area contributed by atoms with Crippen LogP contribution < -0.4 is 5.32 Å². The molecule has 2 aromatic rings. The Morgan fingerprint density at radius 2 is 2.17 bits per heavy atom. The Labute approximate surface area is 155 Å². The van der Waals surface area contributed by atoms with Gasteiger partial charge in [0.25, 0.3) is 0 Å². The number of benzene rings is 1. The molecule has 1 aromatic carbocycles. The number of hydrogen-bond acceptors (Lipinski definition) is 4. The lowest BCUT2D eigenvalue weighted by atomic mass is 10.1. The number of nitrogens with zero attached hydrogens (tertiary/aromatic N) is 2. The molecular weight excluding hydrogens is 368 g/mol. The maximum Gasteiger partial charge on any atom is 0.143 e. The van der Waals surface area contributed by atoms with E-state index in [1.54, 1.807) is 17.4 Å². The van der Waals surface area contributed by atoms with Gasteiger partial charge < -0.3 is 5.32 Å². The number of rotatable bonds is 6. The molecule has 24 heavy (non-hydrogen) atoms. The van der Waals surface area contributed by atoms with Gasteiger partial charge in [0.15, 0.2) is 0 Å². The largest absolute Gasteiger partial charge is 0.316 e. The molecule has 3 nitrogen and oxygen atoms in total. The minimum atomic E-state index is -0.477. The summed E-state index contributed by atoms with van der Waals surface area (Å²) in [6.45, 7) is 6.57. The highest BCUT2D eigenvalue weighted by Crippen LogP contribution is 2.30. The molecular formula is C17H20Cl2FN3S. The lowest BCUT2D eigenvalue weighted by molar-refractivity contribution is 0.222. The van der Waals surface area contributed by atoms with Gasteiger partial charge in [0, 0.05) is 24.5 Å². The molecule has 0 bridgehead atoms. The summed E-state index contributed by atoms with van der Waals surface area (Å²) in [5.41, 5.74) is 3.80. The highest BCUT2D eigenvalue weighted by atomic mass is 35.5. The van der Waals surface area contributed by atoms with Gasteiger partial charge >= 0.3 is 0 Å². The monoisotopic (exact) mass is 387 g/mol. The first-order valence-electron chi connectivity index (χ1n) is 7.99. The Hall–Kier alpha value is -0.720. The minimum absolute atomic E-state index is 0.00520. The summed E-state index contributed by atoms with van der Waals surface area (Å²) in [5.74, 6) is 0.142. The van der Waals surface area contributed by atoms with Crippen molar-refractivity contribution in [3.05, 3.63) is 49.6 Å². The Kier molecular flexibility index (Phi) is 6.11. The molecule has 0 radical (unpaired) electrons. The van der Waals surface area contributed by atoms with Gasteiger partial charge in [0.05, 0.1) is 21.2 Å². The van der Waals surface area contributed by atoms with Crippen LogP contribution in [0.25, 0.3) is 0 Å². The third kappa shape index (κ3) is 4.27. The van der Waals surface area contributed by atoms with Crippen molar-refractivity contribution in [1.82, 2.24) is 15.2 Å². The molecule has 2 heterocycles. The molecule has 3 rings (SSSR count). The second kappa shape index (κ2) is 8.11. The zero-order chi connectivity index (χ0) is 17.1. The van der Waals surface area contributed by atoms with E-state index in [1.807, 2.05) is 12.4 Å². The molecule has 7 heteroatoms. The van der Waals surface area contributed by atoms with Crippen LogP contribution in [0.4, 0.5) is 4.39 Å². The third-order valence-corrected chi connectivity index (χ3v) is 6.22. The summed E-state index contributed by atoms with van der Waals surface area (Å²) in [6, 6.07) is 3.11. The van der Waals surface area contributed by atoms with Gasteiger partial charge in [-0.25, -0.2) is 9.37 Å². The van der Waals surface area contributed by atoms with Crippen LogP contribution >= 0.6 is 34.5 Å². The fourth-order valence-electron chi connectivity index (χ4n) is 3.03. The van der Waals surface area contributed by atoms with Gasteiger partial charge in [0.2, 0.25) is 0 Å². The maximum absolute atomic E-state index is 13.5. The van der Waals surface area contributed by atoms with Gasteiger partial charge in [-0.3, -0.25) is 4.90 Å². The molecule has 1 aliphatic rings. The summed E-state index contributed by atoms with van der Waals surface area (Å²) in [4.78, 5) is 7.94. The lowest BCUT2D eigenvalue weighted by Gasteiger charge is -2.25. The summed E-state index contributed by atoms with van der Waals surface area (Å²) in [6.07, 6.45) is 1.18. The minimum Gasteiger partial charge on any atom is -0.316 e. The van der Waals surface area contributed by atoms with Crippen molar-refractivity contribution in [2.24, 2.45) is 5.92 Å². The molecule has 0 saturated carbocycles. The van der Waals surface area contributed by atoms with Gasteiger partial charge in [-0.2, -0.15) is 0 Å². The van der Waals surface area contributed by atoms with E-state index >= 15 is 0 Å². The van der Waals surface area contributed by atoms with Crippen molar-refractivity contribution in [1.29, 1.82) is 0 Å². The zero-order valence-electron chi connectivity index (χ0n) is 13.5. The Morgan fingerprint density at radius 1 is 1.33 bits per heavy atom. The second-order valence-electron chi connectivity index (χ2n) is 6.22. The van der Waals surface area contributed by atoms with Crippen LogP contribution in [0.2, 0.25) is 10.0 Å². The van der Waals surface area contributed by atoms with Crippen LogP contribution in [-0.4, -0.2) is 29.5 Å². The predicted octanol–water partition coefficient (Wildman–Crippen LogP) is 4.51. The molecule has 1 aliphatic heterocycles. The van der Waals surface area contributed by atoms with Crippen LogP contribution in [0, 0.1) is 18.7 Å². The first kappa shape index (κ1) is 18.1. The number of hydrogen-bond donors (Lipinski definition) is 1.